The molecule has 0 spiro atoms. The minimum atomic E-state index is -0.703. The number of hydrogen-bond donors (Lipinski definition) is 0. The molecule has 16 heavy (non-hydrogen) atoms. The average Bonchev–Trinajstić information content (AvgIpc) is 2.29. The summed E-state index contributed by atoms with van der Waals surface area (Å²) in [6.45, 7) is 4.77. The van der Waals surface area contributed by atoms with Crippen molar-refractivity contribution in [3.63, 3.8) is 0 Å². The Balaban J connectivity index is 2.59. The fourth-order valence-electron chi connectivity index (χ4n) is 2.21. The van der Waals surface area contributed by atoms with E-state index < -0.39 is 11.9 Å². The van der Waals surface area contributed by atoms with Crippen LogP contribution in [-0.4, -0.2) is 36.0 Å². The zero-order valence-electron chi connectivity index (χ0n) is 10.2. The summed E-state index contributed by atoms with van der Waals surface area (Å²) in [5, 5.41) is 0. The SMILES string of the molecule is CCC[C@@H]1CCCCN1C(=O)C(=O)OCC. The normalized spacial score (nSPS) is 20.6. The first-order valence-corrected chi connectivity index (χ1v) is 6.18. The maximum atomic E-state index is 11.8. The van der Waals surface area contributed by atoms with E-state index in [1.807, 2.05) is 0 Å². The van der Waals surface area contributed by atoms with Crippen LogP contribution in [0, 0.1) is 0 Å². The number of amides is 1. The second-order valence-corrected chi connectivity index (χ2v) is 4.16. The molecule has 0 bridgehead atoms. The summed E-state index contributed by atoms with van der Waals surface area (Å²) in [6.07, 6.45) is 5.17. The van der Waals surface area contributed by atoms with Crippen molar-refractivity contribution in [3.05, 3.63) is 0 Å². The van der Waals surface area contributed by atoms with Gasteiger partial charge < -0.3 is 9.64 Å². The Morgan fingerprint density at radius 1 is 1.31 bits per heavy atom. The van der Waals surface area contributed by atoms with Crippen LogP contribution < -0.4 is 0 Å². The predicted molar refractivity (Wildman–Crippen MR) is 60.9 cm³/mol. The number of rotatable bonds is 3. The van der Waals surface area contributed by atoms with Crippen LogP contribution in [0.2, 0.25) is 0 Å². The van der Waals surface area contributed by atoms with E-state index in [0.29, 0.717) is 6.54 Å². The molecule has 1 saturated heterocycles. The third-order valence-corrected chi connectivity index (χ3v) is 2.96. The summed E-state index contributed by atoms with van der Waals surface area (Å²) in [4.78, 5) is 24.9. The number of nitrogens with zero attached hydrogens (tertiary/aromatic N) is 1. The van der Waals surface area contributed by atoms with E-state index in [1.165, 1.54) is 0 Å². The van der Waals surface area contributed by atoms with Gasteiger partial charge in [0.15, 0.2) is 0 Å². The molecular formula is C12H21NO3. The van der Waals surface area contributed by atoms with Crippen LogP contribution in [0.1, 0.15) is 46.0 Å². The molecule has 0 saturated carbocycles. The van der Waals surface area contributed by atoms with Crippen molar-refractivity contribution >= 4 is 11.9 Å². The minimum Gasteiger partial charge on any atom is -0.459 e. The molecule has 0 radical (unpaired) electrons. The minimum absolute atomic E-state index is 0.232. The number of likely N-dealkylation sites (tertiary alicyclic amines) is 1. The zero-order valence-corrected chi connectivity index (χ0v) is 10.2. The average molecular weight is 227 g/mol. The topological polar surface area (TPSA) is 46.6 Å². The molecule has 1 atom stereocenters. The van der Waals surface area contributed by atoms with Crippen LogP contribution in [0.5, 0.6) is 0 Å². The van der Waals surface area contributed by atoms with Crippen LogP contribution in [0.4, 0.5) is 0 Å². The third-order valence-electron chi connectivity index (χ3n) is 2.96. The molecule has 1 amide bonds. The Kier molecular flexibility index (Phi) is 5.29. The molecule has 4 nitrogen and oxygen atoms in total. The van der Waals surface area contributed by atoms with Gasteiger partial charge in [-0.25, -0.2) is 4.79 Å². The lowest BCUT2D eigenvalue weighted by Gasteiger charge is -2.34. The Morgan fingerprint density at radius 3 is 2.69 bits per heavy atom. The molecule has 1 rings (SSSR count). The molecule has 1 fully saturated rings. The highest BCUT2D eigenvalue weighted by Crippen LogP contribution is 2.21. The van der Waals surface area contributed by atoms with Gasteiger partial charge in [0, 0.05) is 12.6 Å². The summed E-state index contributed by atoms with van der Waals surface area (Å²) in [5.41, 5.74) is 0. The highest BCUT2D eigenvalue weighted by atomic mass is 16.5. The van der Waals surface area contributed by atoms with Gasteiger partial charge in [0.1, 0.15) is 0 Å². The smallest absolute Gasteiger partial charge is 0.397 e. The molecule has 0 aromatic carbocycles. The van der Waals surface area contributed by atoms with Gasteiger partial charge in [0.25, 0.3) is 0 Å². The van der Waals surface area contributed by atoms with Crippen molar-refractivity contribution in [1.82, 2.24) is 4.90 Å². The van der Waals surface area contributed by atoms with Gasteiger partial charge in [-0.15, -0.1) is 0 Å². The summed E-state index contributed by atoms with van der Waals surface area (Å²) in [6, 6.07) is 0.232. The second kappa shape index (κ2) is 6.51. The molecular weight excluding hydrogens is 206 g/mol. The fraction of sp³-hybridized carbons (Fsp3) is 0.833. The highest BCUT2D eigenvalue weighted by Gasteiger charge is 2.30. The fourth-order valence-corrected chi connectivity index (χ4v) is 2.21. The van der Waals surface area contributed by atoms with E-state index in [1.54, 1.807) is 11.8 Å². The number of piperidine rings is 1. The lowest BCUT2D eigenvalue weighted by molar-refractivity contribution is -0.161. The van der Waals surface area contributed by atoms with Crippen LogP contribution in [0.15, 0.2) is 0 Å². The summed E-state index contributed by atoms with van der Waals surface area (Å²) in [7, 11) is 0. The molecule has 1 aliphatic rings. The van der Waals surface area contributed by atoms with E-state index in [0.717, 1.165) is 32.1 Å². The van der Waals surface area contributed by atoms with Crippen molar-refractivity contribution in [2.75, 3.05) is 13.2 Å². The number of carbonyl (C=O) groups is 2. The first-order valence-electron chi connectivity index (χ1n) is 6.18. The molecule has 1 heterocycles. The van der Waals surface area contributed by atoms with Crippen LogP contribution in [0.25, 0.3) is 0 Å². The van der Waals surface area contributed by atoms with Gasteiger partial charge in [-0.1, -0.05) is 13.3 Å². The van der Waals surface area contributed by atoms with Crippen molar-refractivity contribution in [2.24, 2.45) is 0 Å². The molecule has 0 aromatic heterocycles. The molecule has 0 unspecified atom stereocenters. The van der Waals surface area contributed by atoms with Crippen LogP contribution in [-0.2, 0) is 14.3 Å². The third kappa shape index (κ3) is 3.22. The van der Waals surface area contributed by atoms with Gasteiger partial charge in [-0.05, 0) is 32.6 Å². The van der Waals surface area contributed by atoms with Gasteiger partial charge in [0.05, 0.1) is 6.61 Å². The van der Waals surface area contributed by atoms with Gasteiger partial charge in [-0.3, -0.25) is 4.79 Å². The van der Waals surface area contributed by atoms with Gasteiger partial charge in [0.2, 0.25) is 0 Å². The molecule has 0 aliphatic carbocycles. The number of esters is 1. The van der Waals surface area contributed by atoms with Crippen molar-refractivity contribution in [1.29, 1.82) is 0 Å². The van der Waals surface area contributed by atoms with Crippen molar-refractivity contribution in [3.8, 4) is 0 Å². The predicted octanol–water partition coefficient (Wildman–Crippen LogP) is 1.73. The molecule has 0 N–H and O–H groups in total. The Morgan fingerprint density at radius 2 is 2.06 bits per heavy atom. The lowest BCUT2D eigenvalue weighted by atomic mass is 9.98. The summed E-state index contributed by atoms with van der Waals surface area (Å²) in [5.74, 6) is -1.16. The summed E-state index contributed by atoms with van der Waals surface area (Å²) >= 11 is 0. The lowest BCUT2D eigenvalue weighted by Crippen LogP contribution is -2.47. The first kappa shape index (κ1) is 13.0. The first-order chi connectivity index (χ1) is 7.70. The van der Waals surface area contributed by atoms with Crippen LogP contribution in [0.3, 0.4) is 0 Å². The quantitative estimate of drug-likeness (QED) is 0.545. The van der Waals surface area contributed by atoms with E-state index in [9.17, 15) is 9.59 Å². The zero-order chi connectivity index (χ0) is 12.0. The van der Waals surface area contributed by atoms with E-state index in [4.69, 9.17) is 4.74 Å². The number of carbonyl (C=O) groups excluding carboxylic acids is 2. The van der Waals surface area contributed by atoms with E-state index >= 15 is 0 Å². The van der Waals surface area contributed by atoms with E-state index in [-0.39, 0.29) is 12.6 Å². The van der Waals surface area contributed by atoms with E-state index in [2.05, 4.69) is 6.92 Å². The number of hydrogen-bond acceptors (Lipinski definition) is 3. The van der Waals surface area contributed by atoms with Gasteiger partial charge in [-0.2, -0.15) is 0 Å². The molecule has 4 heteroatoms. The highest BCUT2D eigenvalue weighted by molar-refractivity contribution is 6.32. The van der Waals surface area contributed by atoms with Crippen molar-refractivity contribution in [2.45, 2.75) is 52.0 Å². The molecule has 1 aliphatic heterocycles. The Labute approximate surface area is 96.9 Å². The monoisotopic (exact) mass is 227 g/mol. The van der Waals surface area contributed by atoms with Gasteiger partial charge >= 0.3 is 11.9 Å². The number of ether oxygens (including phenoxy) is 1. The molecule has 92 valence electrons. The standard InChI is InChI=1S/C12H21NO3/c1-3-7-10-8-5-6-9-13(10)11(14)12(15)16-4-2/h10H,3-9H2,1-2H3/t10-/m1/s1. The maximum Gasteiger partial charge on any atom is 0.397 e. The maximum absolute atomic E-state index is 11.8. The summed E-state index contributed by atoms with van der Waals surface area (Å²) < 4.78 is 4.75. The Bertz CT molecular complexity index is 251. The van der Waals surface area contributed by atoms with Crippen LogP contribution >= 0.6 is 0 Å². The van der Waals surface area contributed by atoms with Crippen molar-refractivity contribution < 1.29 is 14.3 Å². The Hall–Kier alpha value is -1.06. The second-order valence-electron chi connectivity index (χ2n) is 4.16. The molecule has 0 aromatic rings. The largest absolute Gasteiger partial charge is 0.459 e.